The Morgan fingerprint density at radius 3 is 1.79 bits per heavy atom. The van der Waals surface area contributed by atoms with Crippen LogP contribution in [0.5, 0.6) is 0 Å². The predicted octanol–water partition coefficient (Wildman–Crippen LogP) is 5.66. The van der Waals surface area contributed by atoms with E-state index in [2.05, 4.69) is 60.8 Å². The SMILES string of the molecule is CC.CC.Cc1ccc(NCc2ccccc2)cc1. The van der Waals surface area contributed by atoms with Gasteiger partial charge in [0.2, 0.25) is 0 Å². The molecule has 0 aromatic heterocycles. The first kappa shape index (κ1) is 17.2. The second-order valence-corrected chi connectivity index (χ2v) is 3.71. The molecular weight excluding hydrogens is 230 g/mol. The zero-order valence-corrected chi connectivity index (χ0v) is 12.9. The van der Waals surface area contributed by atoms with E-state index in [1.54, 1.807) is 0 Å². The van der Waals surface area contributed by atoms with Crippen molar-refractivity contribution in [1.29, 1.82) is 0 Å². The Morgan fingerprint density at radius 1 is 0.737 bits per heavy atom. The summed E-state index contributed by atoms with van der Waals surface area (Å²) < 4.78 is 0. The Bertz CT molecular complexity index is 403. The quantitative estimate of drug-likeness (QED) is 0.748. The van der Waals surface area contributed by atoms with Crippen LogP contribution < -0.4 is 5.32 Å². The van der Waals surface area contributed by atoms with Crippen molar-refractivity contribution >= 4 is 5.69 Å². The lowest BCUT2D eigenvalue weighted by molar-refractivity contribution is 1.15. The van der Waals surface area contributed by atoms with Crippen LogP contribution in [0.25, 0.3) is 0 Å². The minimum atomic E-state index is 0.879. The molecule has 1 heteroatoms. The van der Waals surface area contributed by atoms with E-state index in [4.69, 9.17) is 0 Å². The molecule has 2 aromatic rings. The largest absolute Gasteiger partial charge is 0.381 e. The number of aryl methyl sites for hydroxylation is 1. The van der Waals surface area contributed by atoms with E-state index in [1.807, 2.05) is 33.8 Å². The van der Waals surface area contributed by atoms with Gasteiger partial charge in [0, 0.05) is 12.2 Å². The molecule has 0 radical (unpaired) electrons. The summed E-state index contributed by atoms with van der Waals surface area (Å²) in [5, 5.41) is 3.39. The Hall–Kier alpha value is -1.76. The summed E-state index contributed by atoms with van der Waals surface area (Å²) in [6, 6.07) is 18.9. The van der Waals surface area contributed by atoms with Gasteiger partial charge in [-0.1, -0.05) is 75.7 Å². The maximum atomic E-state index is 3.39. The van der Waals surface area contributed by atoms with Gasteiger partial charge in [-0.2, -0.15) is 0 Å². The molecule has 0 aliphatic rings. The molecule has 0 amide bonds. The molecular formula is C18H27N. The van der Waals surface area contributed by atoms with E-state index in [0.717, 1.165) is 6.54 Å². The first-order valence-corrected chi connectivity index (χ1v) is 7.19. The maximum Gasteiger partial charge on any atom is 0.0400 e. The molecule has 0 unspecified atom stereocenters. The van der Waals surface area contributed by atoms with Crippen molar-refractivity contribution in [2.45, 2.75) is 41.2 Å². The molecule has 0 aliphatic heterocycles. The van der Waals surface area contributed by atoms with E-state index in [1.165, 1.54) is 16.8 Å². The molecule has 1 nitrogen and oxygen atoms in total. The van der Waals surface area contributed by atoms with Crippen LogP contribution in [0.15, 0.2) is 54.6 Å². The third-order valence-corrected chi connectivity index (χ3v) is 2.39. The zero-order chi connectivity index (χ0) is 14.5. The summed E-state index contributed by atoms with van der Waals surface area (Å²) in [4.78, 5) is 0. The monoisotopic (exact) mass is 257 g/mol. The van der Waals surface area contributed by atoms with Crippen LogP contribution in [-0.4, -0.2) is 0 Å². The average Bonchev–Trinajstić information content (AvgIpc) is 2.52. The molecule has 2 aromatic carbocycles. The van der Waals surface area contributed by atoms with Crippen molar-refractivity contribution in [3.63, 3.8) is 0 Å². The summed E-state index contributed by atoms with van der Waals surface area (Å²) in [5.41, 5.74) is 3.77. The molecule has 0 bridgehead atoms. The molecule has 2 rings (SSSR count). The van der Waals surface area contributed by atoms with Gasteiger partial charge in [0.15, 0.2) is 0 Å². The first-order chi connectivity index (χ1) is 9.34. The van der Waals surface area contributed by atoms with Crippen molar-refractivity contribution in [3.05, 3.63) is 65.7 Å². The Kier molecular flexibility index (Phi) is 10.3. The predicted molar refractivity (Wildman–Crippen MR) is 87.6 cm³/mol. The Labute approximate surface area is 118 Å². The van der Waals surface area contributed by atoms with Gasteiger partial charge in [-0.15, -0.1) is 0 Å². The lowest BCUT2D eigenvalue weighted by Gasteiger charge is -2.06. The Morgan fingerprint density at radius 2 is 1.26 bits per heavy atom. The van der Waals surface area contributed by atoms with E-state index in [0.29, 0.717) is 0 Å². The van der Waals surface area contributed by atoms with Crippen LogP contribution in [0.2, 0.25) is 0 Å². The summed E-state index contributed by atoms with van der Waals surface area (Å²) in [7, 11) is 0. The number of hydrogen-bond acceptors (Lipinski definition) is 1. The average molecular weight is 257 g/mol. The van der Waals surface area contributed by atoms with Crippen LogP contribution in [0.3, 0.4) is 0 Å². The summed E-state index contributed by atoms with van der Waals surface area (Å²) in [6.45, 7) is 11.0. The highest BCUT2D eigenvalue weighted by atomic mass is 14.9. The number of rotatable bonds is 3. The number of anilines is 1. The fourth-order valence-corrected chi connectivity index (χ4v) is 1.47. The fourth-order valence-electron chi connectivity index (χ4n) is 1.47. The summed E-state index contributed by atoms with van der Waals surface area (Å²) in [6.07, 6.45) is 0. The summed E-state index contributed by atoms with van der Waals surface area (Å²) >= 11 is 0. The van der Waals surface area contributed by atoms with Crippen molar-refractivity contribution in [1.82, 2.24) is 0 Å². The van der Waals surface area contributed by atoms with E-state index in [-0.39, 0.29) is 0 Å². The molecule has 0 aliphatic carbocycles. The van der Waals surface area contributed by atoms with Crippen molar-refractivity contribution in [3.8, 4) is 0 Å². The van der Waals surface area contributed by atoms with Gasteiger partial charge in [0.05, 0.1) is 0 Å². The Balaban J connectivity index is 0.000000741. The minimum Gasteiger partial charge on any atom is -0.381 e. The van der Waals surface area contributed by atoms with Gasteiger partial charge < -0.3 is 5.32 Å². The molecule has 1 N–H and O–H groups in total. The van der Waals surface area contributed by atoms with E-state index < -0.39 is 0 Å². The second kappa shape index (κ2) is 11.3. The smallest absolute Gasteiger partial charge is 0.0400 e. The number of hydrogen-bond donors (Lipinski definition) is 1. The number of nitrogens with one attached hydrogen (secondary N) is 1. The lowest BCUT2D eigenvalue weighted by Crippen LogP contribution is -1.98. The molecule has 104 valence electrons. The number of benzene rings is 2. The normalized spacial score (nSPS) is 8.47. The third kappa shape index (κ3) is 7.30. The van der Waals surface area contributed by atoms with Gasteiger partial charge in [-0.05, 0) is 24.6 Å². The van der Waals surface area contributed by atoms with Crippen LogP contribution in [0.4, 0.5) is 5.69 Å². The van der Waals surface area contributed by atoms with Crippen LogP contribution >= 0.6 is 0 Å². The van der Waals surface area contributed by atoms with Gasteiger partial charge in [0.25, 0.3) is 0 Å². The van der Waals surface area contributed by atoms with Crippen molar-refractivity contribution in [2.24, 2.45) is 0 Å². The van der Waals surface area contributed by atoms with Crippen LogP contribution in [0, 0.1) is 6.92 Å². The maximum absolute atomic E-state index is 3.39. The molecule has 19 heavy (non-hydrogen) atoms. The highest BCUT2D eigenvalue weighted by Gasteiger charge is 1.92. The van der Waals surface area contributed by atoms with E-state index >= 15 is 0 Å². The van der Waals surface area contributed by atoms with Crippen molar-refractivity contribution < 1.29 is 0 Å². The zero-order valence-electron chi connectivity index (χ0n) is 12.9. The second-order valence-electron chi connectivity index (χ2n) is 3.71. The van der Waals surface area contributed by atoms with Crippen molar-refractivity contribution in [2.75, 3.05) is 5.32 Å². The standard InChI is InChI=1S/C14H15N.2C2H6/c1-12-7-9-14(10-8-12)15-11-13-5-3-2-4-6-13;2*1-2/h2-10,15H,11H2,1H3;2*1-2H3. The highest BCUT2D eigenvalue weighted by molar-refractivity contribution is 5.44. The molecule has 0 fully saturated rings. The third-order valence-electron chi connectivity index (χ3n) is 2.39. The molecule has 0 saturated heterocycles. The van der Waals surface area contributed by atoms with Gasteiger partial charge in [-0.25, -0.2) is 0 Å². The summed E-state index contributed by atoms with van der Waals surface area (Å²) in [5.74, 6) is 0. The van der Waals surface area contributed by atoms with E-state index in [9.17, 15) is 0 Å². The molecule has 0 spiro atoms. The van der Waals surface area contributed by atoms with Crippen LogP contribution in [-0.2, 0) is 6.54 Å². The van der Waals surface area contributed by atoms with Gasteiger partial charge in [0.1, 0.15) is 0 Å². The fraction of sp³-hybridized carbons (Fsp3) is 0.333. The lowest BCUT2D eigenvalue weighted by atomic mass is 10.2. The van der Waals surface area contributed by atoms with Gasteiger partial charge >= 0.3 is 0 Å². The van der Waals surface area contributed by atoms with Gasteiger partial charge in [-0.3, -0.25) is 0 Å². The molecule has 0 saturated carbocycles. The van der Waals surface area contributed by atoms with Crippen LogP contribution in [0.1, 0.15) is 38.8 Å². The topological polar surface area (TPSA) is 12.0 Å². The minimum absolute atomic E-state index is 0.879. The molecule has 0 atom stereocenters. The molecule has 0 heterocycles. The first-order valence-electron chi connectivity index (χ1n) is 7.19. The highest BCUT2D eigenvalue weighted by Crippen LogP contribution is 2.10.